The van der Waals surface area contributed by atoms with Gasteiger partial charge in [0.25, 0.3) is 7.44 Å². The quantitative estimate of drug-likeness (QED) is 0.276. The van der Waals surface area contributed by atoms with Gasteiger partial charge in [-0.1, -0.05) is 65.7 Å². The smallest absolute Gasteiger partial charge is 0.277 e. The Morgan fingerprint density at radius 3 is 1.71 bits per heavy atom. The van der Waals surface area contributed by atoms with Gasteiger partial charge in [0.2, 0.25) is 6.54 Å². The molecular formula is C24H26N3O3P. The molecule has 1 saturated heterocycles. The van der Waals surface area contributed by atoms with E-state index in [1.165, 1.54) is 0 Å². The molecular weight excluding hydrogens is 409 g/mol. The van der Waals surface area contributed by atoms with Crippen LogP contribution in [0.15, 0.2) is 78.9 Å². The molecule has 6 nitrogen and oxygen atoms in total. The van der Waals surface area contributed by atoms with E-state index in [-0.39, 0.29) is 4.92 Å². The van der Waals surface area contributed by atoms with Crippen LogP contribution in [0.5, 0.6) is 0 Å². The summed E-state index contributed by atoms with van der Waals surface area (Å²) >= 11 is 0. The molecule has 1 atom stereocenters. The van der Waals surface area contributed by atoms with Crippen molar-refractivity contribution in [3.63, 3.8) is 0 Å². The molecule has 1 aliphatic heterocycles. The maximum atomic E-state index is 15.0. The lowest BCUT2D eigenvalue weighted by atomic mass is 10.1. The van der Waals surface area contributed by atoms with Gasteiger partial charge in [-0.3, -0.25) is 14.7 Å². The Balaban J connectivity index is 1.88. The van der Waals surface area contributed by atoms with E-state index in [4.69, 9.17) is 0 Å². The van der Waals surface area contributed by atoms with Gasteiger partial charge in [0.15, 0.2) is 0 Å². The van der Waals surface area contributed by atoms with Crippen molar-refractivity contribution in [3.05, 3.63) is 106 Å². The van der Waals surface area contributed by atoms with Crippen molar-refractivity contribution < 1.29 is 9.49 Å². The summed E-state index contributed by atoms with van der Waals surface area (Å²) in [4.78, 5) is 11.4. The minimum atomic E-state index is -3.43. The van der Waals surface area contributed by atoms with Gasteiger partial charge in [0.05, 0.1) is 0 Å². The lowest BCUT2D eigenvalue weighted by Gasteiger charge is -2.37. The molecule has 0 aliphatic carbocycles. The fraction of sp³-hybridized carbons (Fsp3) is 0.250. The average Bonchev–Trinajstić information content (AvgIpc) is 3.11. The highest BCUT2D eigenvalue weighted by Gasteiger charge is 2.51. The average molecular weight is 435 g/mol. The summed E-state index contributed by atoms with van der Waals surface area (Å²) in [5.74, 6) is 0. The van der Waals surface area contributed by atoms with E-state index in [0.717, 1.165) is 28.1 Å². The number of benzene rings is 3. The predicted molar refractivity (Wildman–Crippen MR) is 126 cm³/mol. The first kappa shape index (κ1) is 21.1. The number of rotatable bonds is 6. The third-order valence-electron chi connectivity index (χ3n) is 5.79. The third kappa shape index (κ3) is 4.08. The number of hydrogen-bond donors (Lipinski definition) is 0. The van der Waals surface area contributed by atoms with Gasteiger partial charge < -0.3 is 9.34 Å². The summed E-state index contributed by atoms with van der Waals surface area (Å²) in [5, 5.41) is 11.7. The van der Waals surface area contributed by atoms with E-state index < -0.39 is 19.6 Å². The second kappa shape index (κ2) is 8.56. The first-order valence-corrected chi connectivity index (χ1v) is 12.0. The maximum absolute atomic E-state index is 15.0. The summed E-state index contributed by atoms with van der Waals surface area (Å²) in [6.45, 7) is 4.69. The van der Waals surface area contributed by atoms with Crippen LogP contribution in [0.1, 0.15) is 22.3 Å². The third-order valence-corrected chi connectivity index (χ3v) is 9.31. The molecule has 0 spiro atoms. The fourth-order valence-corrected chi connectivity index (χ4v) is 7.71. The lowest BCUT2D eigenvalue weighted by Crippen LogP contribution is -2.27. The van der Waals surface area contributed by atoms with E-state index in [2.05, 4.69) is 0 Å². The Bertz CT molecular complexity index is 1040. The van der Waals surface area contributed by atoms with Gasteiger partial charge >= 0.3 is 0 Å². The van der Waals surface area contributed by atoms with Crippen molar-refractivity contribution in [3.8, 4) is 0 Å². The van der Waals surface area contributed by atoms with Crippen molar-refractivity contribution in [1.29, 1.82) is 0 Å². The molecule has 4 rings (SSSR count). The number of nitrogens with zero attached hydrogens (tertiary/aromatic N) is 3. The van der Waals surface area contributed by atoms with Gasteiger partial charge in [-0.2, -0.15) is 0 Å². The lowest BCUT2D eigenvalue weighted by molar-refractivity contribution is -0.480. The van der Waals surface area contributed by atoms with Crippen LogP contribution < -0.4 is 9.34 Å². The normalized spacial score (nSPS) is 16.3. The molecule has 0 saturated carbocycles. The largest absolute Gasteiger partial charge is 0.304 e. The molecule has 160 valence electrons. The fourth-order valence-electron chi connectivity index (χ4n) is 4.19. The molecule has 7 heteroatoms. The van der Waals surface area contributed by atoms with Gasteiger partial charge in [-0.15, -0.1) is 0 Å². The standard InChI is InChI=1S/C24H26N3O3P/c1-19-8-12-22(13-9-19)25-16-17-26(23-14-10-20(2)11-15-23)31(25,30)24(18-27(28)29)21-6-4-3-5-7-21/h3-15,24H,16-18H2,1-2H3. The van der Waals surface area contributed by atoms with E-state index in [0.29, 0.717) is 13.1 Å². The minimum Gasteiger partial charge on any atom is -0.304 e. The second-order valence-electron chi connectivity index (χ2n) is 7.95. The Hall–Kier alpha value is -3.11. The molecule has 1 aliphatic rings. The molecule has 0 radical (unpaired) electrons. The molecule has 0 N–H and O–H groups in total. The molecule has 1 unspecified atom stereocenters. The first-order chi connectivity index (χ1) is 14.9. The van der Waals surface area contributed by atoms with Crippen LogP contribution >= 0.6 is 7.44 Å². The van der Waals surface area contributed by atoms with Crippen molar-refractivity contribution in [2.75, 3.05) is 29.0 Å². The van der Waals surface area contributed by atoms with E-state index in [1.807, 2.05) is 102 Å². The zero-order valence-corrected chi connectivity index (χ0v) is 18.6. The Morgan fingerprint density at radius 2 is 1.29 bits per heavy atom. The van der Waals surface area contributed by atoms with Crippen molar-refractivity contribution in [1.82, 2.24) is 0 Å². The highest BCUT2D eigenvalue weighted by atomic mass is 31.2. The van der Waals surface area contributed by atoms with E-state index in [9.17, 15) is 10.1 Å². The van der Waals surface area contributed by atoms with Gasteiger partial charge in [0.1, 0.15) is 5.66 Å². The van der Waals surface area contributed by atoms with Gasteiger partial charge in [0, 0.05) is 29.4 Å². The molecule has 0 aromatic heterocycles. The molecule has 31 heavy (non-hydrogen) atoms. The minimum absolute atomic E-state index is 0.351. The first-order valence-electron chi connectivity index (χ1n) is 10.4. The summed E-state index contributed by atoms with van der Waals surface area (Å²) in [6.07, 6.45) is 0. The topological polar surface area (TPSA) is 66.7 Å². The number of anilines is 2. The summed E-state index contributed by atoms with van der Waals surface area (Å²) < 4.78 is 18.8. The van der Waals surface area contributed by atoms with Crippen molar-refractivity contribution >= 4 is 18.8 Å². The number of hydrogen-bond acceptors (Lipinski definition) is 3. The Morgan fingerprint density at radius 1 is 0.839 bits per heavy atom. The summed E-state index contributed by atoms with van der Waals surface area (Å²) in [7, 11) is -3.43. The monoisotopic (exact) mass is 435 g/mol. The van der Waals surface area contributed by atoms with Crippen molar-refractivity contribution in [2.24, 2.45) is 0 Å². The Kier molecular flexibility index (Phi) is 5.84. The van der Waals surface area contributed by atoms with Crippen LogP contribution in [0, 0.1) is 24.0 Å². The number of nitro groups is 1. The zero-order valence-electron chi connectivity index (χ0n) is 17.7. The van der Waals surface area contributed by atoms with Crippen LogP contribution in [-0.4, -0.2) is 24.6 Å². The maximum Gasteiger partial charge on any atom is 0.277 e. The molecule has 3 aromatic rings. The molecule has 0 bridgehead atoms. The molecule has 3 aromatic carbocycles. The summed E-state index contributed by atoms with van der Waals surface area (Å²) in [6, 6.07) is 25.0. The predicted octanol–water partition coefficient (Wildman–Crippen LogP) is 5.84. The van der Waals surface area contributed by atoms with Crippen LogP contribution in [0.2, 0.25) is 0 Å². The van der Waals surface area contributed by atoms with E-state index >= 15 is 4.57 Å². The van der Waals surface area contributed by atoms with E-state index in [1.54, 1.807) is 0 Å². The van der Waals surface area contributed by atoms with Crippen LogP contribution in [-0.2, 0) is 4.57 Å². The van der Waals surface area contributed by atoms with Crippen molar-refractivity contribution in [2.45, 2.75) is 19.5 Å². The second-order valence-corrected chi connectivity index (χ2v) is 10.7. The zero-order chi connectivity index (χ0) is 22.0. The molecule has 1 heterocycles. The highest BCUT2D eigenvalue weighted by Crippen LogP contribution is 2.68. The van der Waals surface area contributed by atoms with Gasteiger partial charge in [-0.25, -0.2) is 0 Å². The summed E-state index contributed by atoms with van der Waals surface area (Å²) in [5.41, 5.74) is 3.84. The van der Waals surface area contributed by atoms with Crippen LogP contribution in [0.3, 0.4) is 0 Å². The van der Waals surface area contributed by atoms with Crippen LogP contribution in [0.4, 0.5) is 11.4 Å². The Labute approximate surface area is 182 Å². The molecule has 1 fully saturated rings. The highest BCUT2D eigenvalue weighted by molar-refractivity contribution is 7.68. The van der Waals surface area contributed by atoms with Gasteiger partial charge in [-0.05, 0) is 43.7 Å². The SMILES string of the molecule is Cc1ccc(N2CCN(c3ccc(C)cc3)P2(=O)C(C[N+](=O)[O-])c2ccccc2)cc1. The van der Waals surface area contributed by atoms with Crippen LogP contribution in [0.25, 0.3) is 0 Å². The number of aryl methyl sites for hydroxylation is 2. The molecule has 0 amide bonds.